The minimum atomic E-state index is 0.192. The Hall–Kier alpha value is -1.69. The molecule has 94 valence electrons. The minimum Gasteiger partial charge on any atom is -0.355 e. The van der Waals surface area contributed by atoms with Gasteiger partial charge in [0.2, 0.25) is 11.0 Å². The number of hydrogen-bond acceptors (Lipinski definition) is 4. The molecule has 2 aromatic rings. The van der Waals surface area contributed by atoms with E-state index in [2.05, 4.69) is 15.4 Å². The number of thiazole rings is 1. The summed E-state index contributed by atoms with van der Waals surface area (Å²) in [6.07, 6.45) is 6.47. The molecule has 0 spiro atoms. The zero-order valence-corrected chi connectivity index (χ0v) is 10.7. The van der Waals surface area contributed by atoms with Gasteiger partial charge in [0.25, 0.3) is 0 Å². The van der Waals surface area contributed by atoms with Crippen LogP contribution in [0.25, 0.3) is 5.13 Å². The number of carbonyl (C=O) groups excluding carboxylic acids is 1. The van der Waals surface area contributed by atoms with Crippen LogP contribution in [0.2, 0.25) is 0 Å². The highest BCUT2D eigenvalue weighted by Gasteiger charge is 2.29. The third kappa shape index (κ3) is 2.59. The van der Waals surface area contributed by atoms with E-state index in [1.54, 1.807) is 22.2 Å². The van der Waals surface area contributed by atoms with E-state index in [1.165, 1.54) is 0 Å². The largest absolute Gasteiger partial charge is 0.355 e. The highest BCUT2D eigenvalue weighted by atomic mass is 32.1. The van der Waals surface area contributed by atoms with Crippen LogP contribution >= 0.6 is 11.3 Å². The van der Waals surface area contributed by atoms with Gasteiger partial charge in [0.15, 0.2) is 0 Å². The molecule has 0 bridgehead atoms. The molecule has 1 fully saturated rings. The quantitative estimate of drug-likeness (QED) is 0.886. The van der Waals surface area contributed by atoms with E-state index in [1.807, 2.05) is 17.6 Å². The Labute approximate surface area is 109 Å². The summed E-state index contributed by atoms with van der Waals surface area (Å²) in [5.74, 6) is 0.470. The molecule has 1 saturated carbocycles. The minimum absolute atomic E-state index is 0.192. The van der Waals surface area contributed by atoms with Crippen LogP contribution in [0.3, 0.4) is 0 Å². The first-order valence-corrected chi connectivity index (χ1v) is 6.93. The Morgan fingerprint density at radius 2 is 2.44 bits per heavy atom. The monoisotopic (exact) mass is 262 g/mol. The standard InChI is InChI=1S/C12H14N4OS/c17-11(9-2-3-9)13-6-4-10-8-18-12(15-10)16-7-1-5-14-16/h1,5,7-9H,2-4,6H2,(H,13,17). The van der Waals surface area contributed by atoms with Crippen molar-refractivity contribution in [2.45, 2.75) is 19.3 Å². The lowest BCUT2D eigenvalue weighted by Crippen LogP contribution is -2.26. The van der Waals surface area contributed by atoms with Gasteiger partial charge in [-0.2, -0.15) is 5.10 Å². The molecule has 18 heavy (non-hydrogen) atoms. The van der Waals surface area contributed by atoms with Gasteiger partial charge >= 0.3 is 0 Å². The predicted octanol–water partition coefficient (Wildman–Crippen LogP) is 1.40. The van der Waals surface area contributed by atoms with Gasteiger partial charge in [-0.3, -0.25) is 4.79 Å². The molecule has 1 aliphatic carbocycles. The Kier molecular flexibility index (Phi) is 3.10. The van der Waals surface area contributed by atoms with Crippen LogP contribution in [0, 0.1) is 5.92 Å². The fourth-order valence-corrected chi connectivity index (χ4v) is 2.50. The Bertz CT molecular complexity index is 530. The summed E-state index contributed by atoms with van der Waals surface area (Å²) in [5.41, 5.74) is 1.00. The maximum atomic E-state index is 11.4. The van der Waals surface area contributed by atoms with Crippen LogP contribution in [0.4, 0.5) is 0 Å². The average Bonchev–Trinajstić information content (AvgIpc) is 2.90. The molecule has 0 radical (unpaired) electrons. The fraction of sp³-hybridized carbons (Fsp3) is 0.417. The summed E-state index contributed by atoms with van der Waals surface area (Å²) in [6.45, 7) is 0.664. The van der Waals surface area contributed by atoms with Crippen molar-refractivity contribution in [3.05, 3.63) is 29.5 Å². The van der Waals surface area contributed by atoms with Crippen LogP contribution < -0.4 is 5.32 Å². The van der Waals surface area contributed by atoms with Crippen molar-refractivity contribution in [2.75, 3.05) is 6.54 Å². The van der Waals surface area contributed by atoms with Crippen LogP contribution in [-0.4, -0.2) is 27.2 Å². The van der Waals surface area contributed by atoms with Crippen molar-refractivity contribution >= 4 is 17.2 Å². The van der Waals surface area contributed by atoms with Gasteiger partial charge in [-0.25, -0.2) is 9.67 Å². The Morgan fingerprint density at radius 3 is 3.17 bits per heavy atom. The molecule has 0 unspecified atom stereocenters. The highest BCUT2D eigenvalue weighted by molar-refractivity contribution is 7.12. The number of rotatable bonds is 5. The first-order chi connectivity index (χ1) is 8.83. The lowest BCUT2D eigenvalue weighted by atomic mass is 10.3. The van der Waals surface area contributed by atoms with E-state index in [9.17, 15) is 4.79 Å². The highest BCUT2D eigenvalue weighted by Crippen LogP contribution is 2.28. The molecule has 0 saturated heterocycles. The van der Waals surface area contributed by atoms with Crippen LogP contribution in [0.15, 0.2) is 23.8 Å². The molecule has 2 heterocycles. The van der Waals surface area contributed by atoms with Crippen molar-refractivity contribution in [2.24, 2.45) is 5.92 Å². The summed E-state index contributed by atoms with van der Waals surface area (Å²) in [4.78, 5) is 15.9. The van der Waals surface area contributed by atoms with E-state index in [4.69, 9.17) is 0 Å². The molecule has 0 atom stereocenters. The summed E-state index contributed by atoms with van der Waals surface area (Å²) in [7, 11) is 0. The summed E-state index contributed by atoms with van der Waals surface area (Å²) in [6, 6.07) is 1.87. The molecule has 0 aliphatic heterocycles. The zero-order chi connectivity index (χ0) is 12.4. The van der Waals surface area contributed by atoms with Gasteiger partial charge in [0.1, 0.15) is 0 Å². The Morgan fingerprint density at radius 1 is 1.56 bits per heavy atom. The lowest BCUT2D eigenvalue weighted by molar-refractivity contribution is -0.122. The van der Waals surface area contributed by atoms with E-state index in [0.717, 1.165) is 30.1 Å². The maximum Gasteiger partial charge on any atom is 0.223 e. The molecular formula is C12H14N4OS. The molecular weight excluding hydrogens is 248 g/mol. The van der Waals surface area contributed by atoms with Crippen molar-refractivity contribution in [1.29, 1.82) is 0 Å². The van der Waals surface area contributed by atoms with Crippen molar-refractivity contribution in [1.82, 2.24) is 20.1 Å². The van der Waals surface area contributed by atoms with Crippen LogP contribution in [0.1, 0.15) is 18.5 Å². The van der Waals surface area contributed by atoms with Crippen molar-refractivity contribution in [3.8, 4) is 5.13 Å². The molecule has 6 heteroatoms. The van der Waals surface area contributed by atoms with Crippen molar-refractivity contribution < 1.29 is 4.79 Å². The fourth-order valence-electron chi connectivity index (χ4n) is 1.70. The molecule has 5 nitrogen and oxygen atoms in total. The molecule has 1 amide bonds. The number of carbonyl (C=O) groups is 1. The predicted molar refractivity (Wildman–Crippen MR) is 68.7 cm³/mol. The van der Waals surface area contributed by atoms with E-state index in [0.29, 0.717) is 6.54 Å². The third-order valence-corrected chi connectivity index (χ3v) is 3.75. The maximum absolute atomic E-state index is 11.4. The molecule has 3 rings (SSSR count). The zero-order valence-electron chi connectivity index (χ0n) is 9.87. The van der Waals surface area contributed by atoms with Crippen LogP contribution in [-0.2, 0) is 11.2 Å². The topological polar surface area (TPSA) is 59.8 Å². The number of amides is 1. The van der Waals surface area contributed by atoms with E-state index >= 15 is 0 Å². The molecule has 1 aliphatic rings. The summed E-state index contributed by atoms with van der Waals surface area (Å²) >= 11 is 1.56. The normalized spacial score (nSPS) is 14.7. The number of nitrogens with one attached hydrogen (secondary N) is 1. The van der Waals surface area contributed by atoms with Crippen LogP contribution in [0.5, 0.6) is 0 Å². The summed E-state index contributed by atoms with van der Waals surface area (Å²) < 4.78 is 1.75. The first-order valence-electron chi connectivity index (χ1n) is 6.05. The van der Waals surface area contributed by atoms with Gasteiger partial charge < -0.3 is 5.32 Å². The lowest BCUT2D eigenvalue weighted by Gasteiger charge is -2.01. The number of aromatic nitrogens is 3. The number of hydrogen-bond donors (Lipinski definition) is 1. The van der Waals surface area contributed by atoms with Gasteiger partial charge in [0, 0.05) is 36.7 Å². The second-order valence-electron chi connectivity index (χ2n) is 4.39. The Balaban J connectivity index is 1.52. The van der Waals surface area contributed by atoms with Gasteiger partial charge in [-0.1, -0.05) is 0 Å². The smallest absolute Gasteiger partial charge is 0.223 e. The van der Waals surface area contributed by atoms with Gasteiger partial charge in [0.05, 0.1) is 5.69 Å². The van der Waals surface area contributed by atoms with E-state index < -0.39 is 0 Å². The second-order valence-corrected chi connectivity index (χ2v) is 5.22. The summed E-state index contributed by atoms with van der Waals surface area (Å²) in [5, 5.41) is 9.95. The second kappa shape index (κ2) is 4.89. The van der Waals surface area contributed by atoms with Crippen molar-refractivity contribution in [3.63, 3.8) is 0 Å². The SMILES string of the molecule is O=C(NCCc1csc(-n2cccn2)n1)C1CC1. The van der Waals surface area contributed by atoms with Gasteiger partial charge in [-0.05, 0) is 18.9 Å². The van der Waals surface area contributed by atoms with E-state index in [-0.39, 0.29) is 11.8 Å². The molecule has 2 aromatic heterocycles. The number of nitrogens with zero attached hydrogens (tertiary/aromatic N) is 3. The average molecular weight is 262 g/mol. The molecule has 1 N–H and O–H groups in total. The first kappa shape index (κ1) is 11.4. The third-order valence-electron chi connectivity index (χ3n) is 2.87. The van der Waals surface area contributed by atoms with Gasteiger partial charge in [-0.15, -0.1) is 11.3 Å². The molecule has 0 aromatic carbocycles.